The fourth-order valence-electron chi connectivity index (χ4n) is 3.86. The van der Waals surface area contributed by atoms with Crippen LogP contribution in [0.15, 0.2) is 85.2 Å². The third-order valence-corrected chi connectivity index (χ3v) is 5.29. The highest BCUT2D eigenvalue weighted by molar-refractivity contribution is 5.71. The van der Waals surface area contributed by atoms with Crippen LogP contribution in [0.4, 0.5) is 5.82 Å². The Labute approximate surface area is 158 Å². The first-order valence-electron chi connectivity index (χ1n) is 9.33. The summed E-state index contributed by atoms with van der Waals surface area (Å²) < 4.78 is 0. The fraction of sp³-hybridized carbons (Fsp3) is 0.174. The molecule has 1 N–H and O–H groups in total. The number of nitrogens with zero attached hydrogens (tertiary/aromatic N) is 3. The maximum atomic E-state index is 4.66. The Morgan fingerprint density at radius 3 is 2.37 bits per heavy atom. The van der Waals surface area contributed by atoms with E-state index >= 15 is 0 Å². The van der Waals surface area contributed by atoms with E-state index in [1.165, 1.54) is 17.5 Å². The summed E-state index contributed by atoms with van der Waals surface area (Å²) >= 11 is 0. The van der Waals surface area contributed by atoms with Crippen molar-refractivity contribution in [3.63, 3.8) is 0 Å². The zero-order valence-electron chi connectivity index (χ0n) is 14.9. The minimum Gasteiger partial charge on any atom is -0.363 e. The zero-order valence-corrected chi connectivity index (χ0v) is 14.9. The molecule has 0 amide bonds. The Morgan fingerprint density at radius 1 is 0.815 bits per heavy atom. The average molecular weight is 352 g/mol. The molecule has 0 saturated heterocycles. The molecule has 1 aliphatic rings. The van der Waals surface area contributed by atoms with Crippen LogP contribution in [0, 0.1) is 5.92 Å². The molecular weight excluding hydrogens is 332 g/mol. The average Bonchev–Trinajstić information content (AvgIpc) is 3.54. The van der Waals surface area contributed by atoms with E-state index in [1.807, 2.05) is 12.1 Å². The maximum absolute atomic E-state index is 4.66. The molecular formula is C23H20N4. The van der Waals surface area contributed by atoms with Crippen LogP contribution in [-0.4, -0.2) is 15.0 Å². The summed E-state index contributed by atoms with van der Waals surface area (Å²) in [5, 5.41) is 3.67. The Hall–Kier alpha value is -3.27. The van der Waals surface area contributed by atoms with Crippen molar-refractivity contribution in [3.05, 3.63) is 96.3 Å². The minimum atomic E-state index is 0.220. The van der Waals surface area contributed by atoms with Gasteiger partial charge in [0, 0.05) is 12.4 Å². The molecule has 5 rings (SSSR count). The first-order valence-corrected chi connectivity index (χ1v) is 9.33. The second kappa shape index (κ2) is 6.80. The second-order valence-corrected chi connectivity index (χ2v) is 7.04. The Balaban J connectivity index is 1.45. The van der Waals surface area contributed by atoms with Crippen molar-refractivity contribution in [1.82, 2.24) is 15.0 Å². The van der Waals surface area contributed by atoms with Gasteiger partial charge in [0.25, 0.3) is 0 Å². The van der Waals surface area contributed by atoms with Gasteiger partial charge in [-0.05, 0) is 41.5 Å². The summed E-state index contributed by atoms with van der Waals surface area (Å²) in [4.78, 5) is 13.3. The van der Waals surface area contributed by atoms with Gasteiger partial charge in [0.15, 0.2) is 5.65 Å². The standard InChI is InChI=1S/C23H20N4/c1-3-7-16(8-4-1)18-15-19(18)22(17-9-5-2-6-10-17)26-21-12-11-20-23(27-21)25-14-13-24-20/h1-14,18-19,22H,15H2,(H,25,26,27). The summed E-state index contributed by atoms with van der Waals surface area (Å²) in [6.07, 6.45) is 4.56. The summed E-state index contributed by atoms with van der Waals surface area (Å²) in [5.74, 6) is 1.98. The Kier molecular flexibility index (Phi) is 4.02. The van der Waals surface area contributed by atoms with E-state index < -0.39 is 0 Å². The third kappa shape index (κ3) is 3.26. The van der Waals surface area contributed by atoms with Crippen molar-refractivity contribution in [2.24, 2.45) is 5.92 Å². The molecule has 1 aliphatic carbocycles. The SMILES string of the molecule is c1ccc(C2CC2C(Nc2ccc3nccnc3n2)c2ccccc2)cc1. The van der Waals surface area contributed by atoms with Gasteiger partial charge in [-0.1, -0.05) is 60.7 Å². The highest BCUT2D eigenvalue weighted by Gasteiger charge is 2.44. The highest BCUT2D eigenvalue weighted by Crippen LogP contribution is 2.54. The number of pyridine rings is 1. The molecule has 0 bridgehead atoms. The number of hydrogen-bond donors (Lipinski definition) is 1. The number of hydrogen-bond acceptors (Lipinski definition) is 4. The summed E-state index contributed by atoms with van der Waals surface area (Å²) in [7, 11) is 0. The second-order valence-electron chi connectivity index (χ2n) is 7.04. The van der Waals surface area contributed by atoms with Crippen LogP contribution in [0.25, 0.3) is 11.2 Å². The topological polar surface area (TPSA) is 50.7 Å². The molecule has 0 aliphatic heterocycles. The molecule has 4 nitrogen and oxygen atoms in total. The van der Waals surface area contributed by atoms with E-state index in [1.54, 1.807) is 12.4 Å². The highest BCUT2D eigenvalue weighted by atomic mass is 15.1. The summed E-state index contributed by atoms with van der Waals surface area (Å²) in [6, 6.07) is 25.6. The first kappa shape index (κ1) is 15.9. The quantitative estimate of drug-likeness (QED) is 0.550. The molecule has 2 aromatic heterocycles. The van der Waals surface area contributed by atoms with Crippen LogP contribution in [-0.2, 0) is 0 Å². The predicted molar refractivity (Wildman–Crippen MR) is 107 cm³/mol. The van der Waals surface area contributed by atoms with Crippen LogP contribution in [0.2, 0.25) is 0 Å². The van der Waals surface area contributed by atoms with Gasteiger partial charge in [0.1, 0.15) is 11.3 Å². The molecule has 3 unspecified atom stereocenters. The summed E-state index contributed by atoms with van der Waals surface area (Å²) in [5.41, 5.74) is 4.20. The van der Waals surface area contributed by atoms with Gasteiger partial charge in [-0.25, -0.2) is 9.97 Å². The molecule has 0 radical (unpaired) electrons. The Morgan fingerprint density at radius 2 is 1.56 bits per heavy atom. The number of aromatic nitrogens is 3. The van der Waals surface area contributed by atoms with E-state index in [9.17, 15) is 0 Å². The molecule has 0 spiro atoms. The van der Waals surface area contributed by atoms with Crippen molar-refractivity contribution in [1.29, 1.82) is 0 Å². The predicted octanol–water partition coefficient (Wildman–Crippen LogP) is 4.98. The lowest BCUT2D eigenvalue weighted by Gasteiger charge is -2.20. The number of fused-ring (bicyclic) bond motifs is 1. The van der Waals surface area contributed by atoms with E-state index in [2.05, 4.69) is 80.9 Å². The third-order valence-electron chi connectivity index (χ3n) is 5.29. The zero-order chi connectivity index (χ0) is 18.1. The lowest BCUT2D eigenvalue weighted by molar-refractivity contribution is 0.655. The van der Waals surface area contributed by atoms with Gasteiger partial charge in [-0.3, -0.25) is 4.98 Å². The largest absolute Gasteiger partial charge is 0.363 e. The minimum absolute atomic E-state index is 0.220. The number of rotatable bonds is 5. The van der Waals surface area contributed by atoms with Gasteiger partial charge in [-0.15, -0.1) is 0 Å². The molecule has 2 heterocycles. The van der Waals surface area contributed by atoms with Gasteiger partial charge < -0.3 is 5.32 Å². The smallest absolute Gasteiger partial charge is 0.180 e. The lowest BCUT2D eigenvalue weighted by Crippen LogP contribution is -2.15. The van der Waals surface area contributed by atoms with Crippen molar-refractivity contribution < 1.29 is 0 Å². The van der Waals surface area contributed by atoms with Crippen molar-refractivity contribution in [3.8, 4) is 0 Å². The van der Waals surface area contributed by atoms with Gasteiger partial charge in [-0.2, -0.15) is 0 Å². The monoisotopic (exact) mass is 352 g/mol. The summed E-state index contributed by atoms with van der Waals surface area (Å²) in [6.45, 7) is 0. The van der Waals surface area contributed by atoms with E-state index in [-0.39, 0.29) is 6.04 Å². The Bertz CT molecular complexity index is 1050. The molecule has 132 valence electrons. The number of nitrogens with one attached hydrogen (secondary N) is 1. The molecule has 3 atom stereocenters. The van der Waals surface area contributed by atoms with Crippen LogP contribution in [0.5, 0.6) is 0 Å². The molecule has 4 heteroatoms. The van der Waals surface area contributed by atoms with Crippen molar-refractivity contribution in [2.45, 2.75) is 18.4 Å². The number of benzene rings is 2. The molecule has 27 heavy (non-hydrogen) atoms. The number of anilines is 1. The van der Waals surface area contributed by atoms with Gasteiger partial charge >= 0.3 is 0 Å². The first-order chi connectivity index (χ1) is 13.4. The van der Waals surface area contributed by atoms with Crippen LogP contribution < -0.4 is 5.32 Å². The van der Waals surface area contributed by atoms with Crippen LogP contribution >= 0.6 is 0 Å². The van der Waals surface area contributed by atoms with Crippen LogP contribution in [0.3, 0.4) is 0 Å². The molecule has 1 fully saturated rings. The fourth-order valence-corrected chi connectivity index (χ4v) is 3.86. The normalized spacial score (nSPS) is 19.6. The molecule has 4 aromatic rings. The van der Waals surface area contributed by atoms with E-state index in [4.69, 9.17) is 0 Å². The van der Waals surface area contributed by atoms with Gasteiger partial charge in [0.2, 0.25) is 0 Å². The van der Waals surface area contributed by atoms with Crippen LogP contribution in [0.1, 0.15) is 29.5 Å². The lowest BCUT2D eigenvalue weighted by atomic mass is 9.98. The van der Waals surface area contributed by atoms with Crippen molar-refractivity contribution in [2.75, 3.05) is 5.32 Å². The molecule has 1 saturated carbocycles. The van der Waals surface area contributed by atoms with Crippen molar-refractivity contribution >= 4 is 17.0 Å². The van der Waals surface area contributed by atoms with Gasteiger partial charge in [0.05, 0.1) is 6.04 Å². The molecule has 2 aromatic carbocycles. The van der Waals surface area contributed by atoms with E-state index in [0.29, 0.717) is 17.5 Å². The maximum Gasteiger partial charge on any atom is 0.180 e. The van der Waals surface area contributed by atoms with E-state index in [0.717, 1.165) is 11.3 Å².